The maximum atomic E-state index is 3.17. The van der Waals surface area contributed by atoms with Gasteiger partial charge in [-0.2, -0.15) is 0 Å². The summed E-state index contributed by atoms with van der Waals surface area (Å²) in [7, 11) is 6.24. The smallest absolute Gasteiger partial charge is 0.208 e. The highest BCUT2D eigenvalue weighted by Crippen LogP contribution is 2.32. The third kappa shape index (κ3) is 2.60. The van der Waals surface area contributed by atoms with Crippen molar-refractivity contribution in [3.8, 4) is 0 Å². The third-order valence-corrected chi connectivity index (χ3v) is 4.27. The summed E-state index contributed by atoms with van der Waals surface area (Å²) in [6.45, 7) is 1.09. The van der Waals surface area contributed by atoms with Crippen molar-refractivity contribution in [3.63, 3.8) is 0 Å². The lowest BCUT2D eigenvalue weighted by Crippen LogP contribution is -2.19. The van der Waals surface area contributed by atoms with E-state index in [1.54, 1.807) is 0 Å². The van der Waals surface area contributed by atoms with Crippen molar-refractivity contribution in [1.29, 1.82) is 0 Å². The number of rotatable bonds is 2. The van der Waals surface area contributed by atoms with Crippen molar-refractivity contribution in [2.24, 2.45) is 0 Å². The van der Waals surface area contributed by atoms with Gasteiger partial charge in [0.05, 0.1) is 0 Å². The zero-order valence-corrected chi connectivity index (χ0v) is 13.2. The predicted octanol–water partition coefficient (Wildman–Crippen LogP) is 2.54. The van der Waals surface area contributed by atoms with Gasteiger partial charge < -0.3 is 10.2 Å². The maximum absolute atomic E-state index is 3.17. The first-order chi connectivity index (χ1) is 10.2. The first-order valence-corrected chi connectivity index (χ1v) is 7.67. The SMILES string of the molecule is CN/C=C1\CC/C(=C\N2CCc3ccccc32)C1=[N+](C)C. The molecule has 0 spiro atoms. The van der Waals surface area contributed by atoms with Gasteiger partial charge in [0.15, 0.2) is 0 Å². The summed E-state index contributed by atoms with van der Waals surface area (Å²) in [5.74, 6) is 0. The van der Waals surface area contributed by atoms with Crippen LogP contribution in [0.3, 0.4) is 0 Å². The summed E-state index contributed by atoms with van der Waals surface area (Å²) in [6, 6.07) is 8.74. The van der Waals surface area contributed by atoms with Crippen molar-refractivity contribution in [1.82, 2.24) is 5.32 Å². The van der Waals surface area contributed by atoms with Crippen molar-refractivity contribution >= 4 is 11.4 Å². The number of para-hydroxylation sites is 1. The number of allylic oxidation sites excluding steroid dienone is 2. The molecule has 0 radical (unpaired) electrons. The highest BCUT2D eigenvalue weighted by molar-refractivity contribution is 6.11. The van der Waals surface area contributed by atoms with E-state index in [9.17, 15) is 0 Å². The number of hydrogen-bond acceptors (Lipinski definition) is 2. The highest BCUT2D eigenvalue weighted by Gasteiger charge is 2.29. The molecule has 3 heteroatoms. The van der Waals surface area contributed by atoms with Crippen molar-refractivity contribution < 1.29 is 4.58 Å². The lowest BCUT2D eigenvalue weighted by molar-refractivity contribution is -0.463. The molecule has 1 heterocycles. The Bertz CT molecular complexity index is 634. The topological polar surface area (TPSA) is 18.3 Å². The summed E-state index contributed by atoms with van der Waals surface area (Å²) < 4.78 is 2.24. The summed E-state index contributed by atoms with van der Waals surface area (Å²) in [6.07, 6.45) is 7.89. The van der Waals surface area contributed by atoms with Gasteiger partial charge in [-0.3, -0.25) is 0 Å². The predicted molar refractivity (Wildman–Crippen MR) is 89.1 cm³/mol. The van der Waals surface area contributed by atoms with E-state index in [4.69, 9.17) is 0 Å². The normalized spacial score (nSPS) is 21.3. The molecule has 21 heavy (non-hydrogen) atoms. The molecule has 1 aliphatic heterocycles. The lowest BCUT2D eigenvalue weighted by Gasteiger charge is -2.15. The van der Waals surface area contributed by atoms with Gasteiger partial charge in [0.1, 0.15) is 14.1 Å². The van der Waals surface area contributed by atoms with Crippen LogP contribution in [0.2, 0.25) is 0 Å². The fraction of sp³-hybridized carbons (Fsp3) is 0.389. The quantitative estimate of drug-likeness (QED) is 0.840. The average Bonchev–Trinajstić information content (AvgIpc) is 3.05. The summed E-state index contributed by atoms with van der Waals surface area (Å²) in [4.78, 5) is 2.41. The molecule has 3 rings (SSSR count). The van der Waals surface area contributed by atoms with Gasteiger partial charge >= 0.3 is 0 Å². The van der Waals surface area contributed by atoms with Crippen molar-refractivity contribution in [3.05, 3.63) is 53.4 Å². The number of nitrogens with zero attached hydrogens (tertiary/aromatic N) is 2. The average molecular weight is 282 g/mol. The van der Waals surface area contributed by atoms with E-state index in [2.05, 4.69) is 65.6 Å². The van der Waals surface area contributed by atoms with Gasteiger partial charge in [-0.1, -0.05) is 18.2 Å². The minimum Gasteiger partial charge on any atom is -0.394 e. The largest absolute Gasteiger partial charge is 0.394 e. The molecule has 2 aliphatic rings. The molecule has 0 amide bonds. The van der Waals surface area contributed by atoms with Gasteiger partial charge in [0.25, 0.3) is 0 Å². The summed E-state index contributed by atoms with van der Waals surface area (Å²) >= 11 is 0. The lowest BCUT2D eigenvalue weighted by atomic mass is 10.1. The Morgan fingerprint density at radius 2 is 1.86 bits per heavy atom. The molecule has 0 bridgehead atoms. The zero-order valence-electron chi connectivity index (χ0n) is 13.2. The van der Waals surface area contributed by atoms with E-state index >= 15 is 0 Å². The van der Waals surface area contributed by atoms with Gasteiger partial charge in [0.2, 0.25) is 5.71 Å². The molecular formula is C18H24N3+. The van der Waals surface area contributed by atoms with E-state index in [-0.39, 0.29) is 0 Å². The Hall–Kier alpha value is -2.03. The Morgan fingerprint density at radius 3 is 2.62 bits per heavy atom. The molecule has 110 valence electrons. The highest BCUT2D eigenvalue weighted by atomic mass is 15.1. The minimum atomic E-state index is 1.09. The summed E-state index contributed by atoms with van der Waals surface area (Å²) in [5, 5.41) is 3.17. The molecule has 1 saturated carbocycles. The van der Waals surface area contributed by atoms with E-state index in [1.807, 2.05) is 7.05 Å². The van der Waals surface area contributed by atoms with Gasteiger partial charge in [-0.15, -0.1) is 0 Å². The van der Waals surface area contributed by atoms with Crippen LogP contribution in [0.4, 0.5) is 5.69 Å². The third-order valence-electron chi connectivity index (χ3n) is 4.27. The van der Waals surface area contributed by atoms with Gasteiger partial charge in [-0.25, -0.2) is 4.58 Å². The second-order valence-electron chi connectivity index (χ2n) is 5.93. The minimum absolute atomic E-state index is 1.09. The van der Waals surface area contributed by atoms with Crippen LogP contribution in [-0.2, 0) is 6.42 Å². The van der Waals surface area contributed by atoms with Crippen LogP contribution in [0.1, 0.15) is 18.4 Å². The van der Waals surface area contributed by atoms with Gasteiger partial charge in [0, 0.05) is 42.8 Å². The first kappa shape index (κ1) is 13.9. The number of nitrogens with one attached hydrogen (secondary N) is 1. The monoisotopic (exact) mass is 282 g/mol. The first-order valence-electron chi connectivity index (χ1n) is 7.67. The van der Waals surface area contributed by atoms with Crippen LogP contribution >= 0.6 is 0 Å². The van der Waals surface area contributed by atoms with Crippen LogP contribution in [0.5, 0.6) is 0 Å². The van der Waals surface area contributed by atoms with E-state index < -0.39 is 0 Å². The molecule has 1 aliphatic carbocycles. The second kappa shape index (κ2) is 5.76. The maximum Gasteiger partial charge on any atom is 0.208 e. The molecule has 1 N–H and O–H groups in total. The van der Waals surface area contributed by atoms with Crippen LogP contribution < -0.4 is 10.2 Å². The van der Waals surface area contributed by atoms with Gasteiger partial charge in [-0.05, 0) is 30.9 Å². The van der Waals surface area contributed by atoms with E-state index in [1.165, 1.54) is 28.1 Å². The molecule has 1 aromatic rings. The van der Waals surface area contributed by atoms with Crippen molar-refractivity contribution in [2.45, 2.75) is 19.3 Å². The van der Waals surface area contributed by atoms with Crippen LogP contribution in [0.15, 0.2) is 47.8 Å². The zero-order chi connectivity index (χ0) is 14.8. The number of benzene rings is 1. The Labute approximate surface area is 127 Å². The Kier molecular flexibility index (Phi) is 3.82. The Balaban J connectivity index is 1.95. The molecule has 1 aromatic carbocycles. The van der Waals surface area contributed by atoms with Crippen LogP contribution in [0, 0.1) is 0 Å². The fourth-order valence-electron chi connectivity index (χ4n) is 3.41. The molecule has 1 fully saturated rings. The molecule has 0 aromatic heterocycles. The fourth-order valence-corrected chi connectivity index (χ4v) is 3.41. The van der Waals surface area contributed by atoms with Crippen LogP contribution in [-0.4, -0.2) is 38.0 Å². The molecule has 3 nitrogen and oxygen atoms in total. The van der Waals surface area contributed by atoms with E-state index in [0.29, 0.717) is 0 Å². The Morgan fingerprint density at radius 1 is 1.10 bits per heavy atom. The molecular weight excluding hydrogens is 258 g/mol. The molecule has 0 saturated heterocycles. The molecule has 0 atom stereocenters. The number of anilines is 1. The number of hydrogen-bond donors (Lipinski definition) is 1. The summed E-state index contributed by atoms with van der Waals surface area (Å²) in [5.41, 5.74) is 7.05. The van der Waals surface area contributed by atoms with Crippen LogP contribution in [0.25, 0.3) is 0 Å². The standard InChI is InChI=1S/C18H23N3/c1-19-12-15-8-9-16(18(15)20(2)3)13-21-11-10-14-6-4-5-7-17(14)21/h4-7,12-13H,8-11H2,1-3H3/p+1/b16-13+. The molecule has 0 unspecified atom stereocenters. The van der Waals surface area contributed by atoms with Crippen molar-refractivity contribution in [2.75, 3.05) is 32.6 Å². The number of fused-ring (bicyclic) bond motifs is 1. The van der Waals surface area contributed by atoms with E-state index in [0.717, 1.165) is 25.8 Å². The second-order valence-corrected chi connectivity index (χ2v) is 5.93.